The van der Waals surface area contributed by atoms with Crippen molar-refractivity contribution in [1.82, 2.24) is 0 Å². The summed E-state index contributed by atoms with van der Waals surface area (Å²) in [7, 11) is -3.07. The summed E-state index contributed by atoms with van der Waals surface area (Å²) in [6.07, 6.45) is 4.11. The van der Waals surface area contributed by atoms with E-state index in [4.69, 9.17) is 13.8 Å². The highest BCUT2D eigenvalue weighted by molar-refractivity contribution is 7.53. The van der Waals surface area contributed by atoms with Gasteiger partial charge < -0.3 is 13.8 Å². The smallest absolute Gasteiger partial charge is 0.331 e. The molecule has 0 saturated carbocycles. The Bertz CT molecular complexity index is 317. The molecule has 0 radical (unpaired) electrons. The van der Waals surface area contributed by atoms with E-state index in [0.29, 0.717) is 19.8 Å². The van der Waals surface area contributed by atoms with Crippen LogP contribution in [0, 0.1) is 5.92 Å². The van der Waals surface area contributed by atoms with Crippen molar-refractivity contribution in [3.8, 4) is 0 Å². The first-order valence-electron chi connectivity index (χ1n) is 6.74. The Balaban J connectivity index is 4.59. The fourth-order valence-electron chi connectivity index (χ4n) is 1.55. The second kappa shape index (κ2) is 10.2. The minimum absolute atomic E-state index is 0.0339. The van der Waals surface area contributed by atoms with Crippen LogP contribution in [0.4, 0.5) is 0 Å². The average Bonchev–Trinajstić information content (AvgIpc) is 2.35. The van der Waals surface area contributed by atoms with Crippen LogP contribution >= 0.6 is 7.60 Å². The van der Waals surface area contributed by atoms with Crippen LogP contribution in [0.5, 0.6) is 0 Å². The highest BCUT2D eigenvalue weighted by Crippen LogP contribution is 2.50. The molecule has 0 aliphatic rings. The van der Waals surface area contributed by atoms with Gasteiger partial charge in [0.1, 0.15) is 0 Å². The van der Waals surface area contributed by atoms with Crippen molar-refractivity contribution in [1.29, 1.82) is 0 Å². The molecule has 0 aromatic heterocycles. The summed E-state index contributed by atoms with van der Waals surface area (Å²) in [6, 6.07) is 0. The van der Waals surface area contributed by atoms with E-state index in [0.717, 1.165) is 6.42 Å². The van der Waals surface area contributed by atoms with Crippen molar-refractivity contribution >= 4 is 13.6 Å². The third kappa shape index (κ3) is 8.19. The zero-order valence-electron chi connectivity index (χ0n) is 12.3. The van der Waals surface area contributed by atoms with Crippen LogP contribution < -0.4 is 0 Å². The molecule has 0 bridgehead atoms. The van der Waals surface area contributed by atoms with Gasteiger partial charge in [0.2, 0.25) is 0 Å². The molecule has 5 nitrogen and oxygen atoms in total. The first-order valence-corrected chi connectivity index (χ1v) is 8.47. The van der Waals surface area contributed by atoms with E-state index in [-0.39, 0.29) is 18.0 Å². The van der Waals surface area contributed by atoms with Crippen LogP contribution in [0.1, 0.15) is 34.1 Å². The Hall–Kier alpha value is -0.640. The number of carbonyl (C=O) groups excluding carboxylic acids is 1. The molecule has 1 atom stereocenters. The molecule has 6 heteroatoms. The molecule has 0 aromatic carbocycles. The number of hydrogen-bond donors (Lipinski definition) is 0. The zero-order valence-corrected chi connectivity index (χ0v) is 13.2. The first kappa shape index (κ1) is 18.4. The molecule has 0 aliphatic heterocycles. The topological polar surface area (TPSA) is 61.8 Å². The van der Waals surface area contributed by atoms with E-state index < -0.39 is 7.60 Å². The van der Waals surface area contributed by atoms with E-state index in [9.17, 15) is 9.36 Å². The molecule has 112 valence electrons. The van der Waals surface area contributed by atoms with Crippen molar-refractivity contribution in [2.24, 2.45) is 5.92 Å². The lowest BCUT2D eigenvalue weighted by Gasteiger charge is -2.20. The van der Waals surface area contributed by atoms with Crippen molar-refractivity contribution in [3.63, 3.8) is 0 Å². The van der Waals surface area contributed by atoms with Crippen molar-refractivity contribution in [2.75, 3.05) is 26.0 Å². The number of carbonyl (C=O) groups is 1. The standard InChI is InChI=1S/C13H25O5P/c1-5-12(9-10-13(14)16-6-2)11-19(15,17-7-3)18-8-4/h9-10,12H,5-8,11H2,1-4H3/b10-9+/t12-/m0/s1. The van der Waals surface area contributed by atoms with Crippen molar-refractivity contribution in [2.45, 2.75) is 34.1 Å². The van der Waals surface area contributed by atoms with E-state index in [1.807, 2.05) is 6.92 Å². The number of allylic oxidation sites excluding steroid dienone is 1. The predicted octanol–water partition coefficient (Wildman–Crippen LogP) is 3.40. The molecule has 19 heavy (non-hydrogen) atoms. The van der Waals surface area contributed by atoms with Gasteiger partial charge in [0.25, 0.3) is 0 Å². The van der Waals surface area contributed by atoms with Crippen LogP contribution in [0.2, 0.25) is 0 Å². The SMILES string of the molecule is CCOC(=O)/C=C/[C@H](CC)CP(=O)(OCC)OCC. The van der Waals surface area contributed by atoms with Gasteiger partial charge in [-0.15, -0.1) is 0 Å². The first-order chi connectivity index (χ1) is 9.01. The molecular weight excluding hydrogens is 267 g/mol. The molecule has 0 fully saturated rings. The molecule has 0 rings (SSSR count). The quantitative estimate of drug-likeness (QED) is 0.351. The Morgan fingerprint density at radius 2 is 1.68 bits per heavy atom. The second-order valence-corrected chi connectivity index (χ2v) is 6.01. The molecule has 0 amide bonds. The second-order valence-electron chi connectivity index (χ2n) is 3.91. The van der Waals surface area contributed by atoms with E-state index in [2.05, 4.69) is 0 Å². The van der Waals surface area contributed by atoms with Crippen LogP contribution in [0.3, 0.4) is 0 Å². The van der Waals surface area contributed by atoms with Gasteiger partial charge in [-0.3, -0.25) is 4.57 Å². The molecule has 0 saturated heterocycles. The van der Waals surface area contributed by atoms with Gasteiger partial charge in [0.15, 0.2) is 0 Å². The maximum absolute atomic E-state index is 12.4. The Morgan fingerprint density at radius 3 is 2.11 bits per heavy atom. The molecule has 0 N–H and O–H groups in total. The van der Waals surface area contributed by atoms with Crippen LogP contribution in [-0.4, -0.2) is 32.0 Å². The molecule has 0 heterocycles. The lowest BCUT2D eigenvalue weighted by atomic mass is 10.1. The van der Waals surface area contributed by atoms with Gasteiger partial charge in [0, 0.05) is 6.08 Å². The largest absolute Gasteiger partial charge is 0.463 e. The molecular formula is C13H25O5P. The molecule has 0 spiro atoms. The number of esters is 1. The van der Waals surface area contributed by atoms with E-state index in [1.165, 1.54) is 6.08 Å². The Morgan fingerprint density at radius 1 is 1.11 bits per heavy atom. The number of rotatable bonds is 10. The Kier molecular flexibility index (Phi) is 9.84. The minimum atomic E-state index is -3.07. The lowest BCUT2D eigenvalue weighted by molar-refractivity contribution is -0.137. The summed E-state index contributed by atoms with van der Waals surface area (Å²) >= 11 is 0. The van der Waals surface area contributed by atoms with Crippen LogP contribution in [0.25, 0.3) is 0 Å². The fourth-order valence-corrected chi connectivity index (χ4v) is 3.58. The monoisotopic (exact) mass is 292 g/mol. The number of ether oxygens (including phenoxy) is 1. The van der Waals surface area contributed by atoms with E-state index in [1.54, 1.807) is 26.8 Å². The Labute approximate surface area is 115 Å². The van der Waals surface area contributed by atoms with Crippen LogP contribution in [-0.2, 0) is 23.1 Å². The van der Waals surface area contributed by atoms with Gasteiger partial charge in [0.05, 0.1) is 26.0 Å². The maximum Gasteiger partial charge on any atom is 0.331 e. The highest BCUT2D eigenvalue weighted by Gasteiger charge is 2.26. The number of hydrogen-bond acceptors (Lipinski definition) is 5. The molecule has 0 aliphatic carbocycles. The molecule has 0 aromatic rings. The summed E-state index contributed by atoms with van der Waals surface area (Å²) in [6.45, 7) is 8.30. The third-order valence-corrected chi connectivity index (χ3v) is 4.64. The summed E-state index contributed by atoms with van der Waals surface area (Å²) in [5.41, 5.74) is 0. The zero-order chi connectivity index (χ0) is 14.7. The predicted molar refractivity (Wildman–Crippen MR) is 75.3 cm³/mol. The van der Waals surface area contributed by atoms with Crippen LogP contribution in [0.15, 0.2) is 12.2 Å². The average molecular weight is 292 g/mol. The third-order valence-electron chi connectivity index (χ3n) is 2.43. The maximum atomic E-state index is 12.4. The minimum Gasteiger partial charge on any atom is -0.463 e. The molecule has 0 unspecified atom stereocenters. The van der Waals surface area contributed by atoms with Crippen molar-refractivity contribution < 1.29 is 23.1 Å². The van der Waals surface area contributed by atoms with E-state index >= 15 is 0 Å². The van der Waals surface area contributed by atoms with Gasteiger partial charge >= 0.3 is 13.6 Å². The normalized spacial score (nSPS) is 13.7. The van der Waals surface area contributed by atoms with Gasteiger partial charge in [-0.05, 0) is 33.1 Å². The van der Waals surface area contributed by atoms with Crippen molar-refractivity contribution in [3.05, 3.63) is 12.2 Å². The lowest BCUT2D eigenvalue weighted by Crippen LogP contribution is -2.09. The van der Waals surface area contributed by atoms with Gasteiger partial charge in [-0.1, -0.05) is 13.0 Å². The highest BCUT2D eigenvalue weighted by atomic mass is 31.2. The summed E-state index contributed by atoms with van der Waals surface area (Å²) in [5, 5.41) is 0. The fraction of sp³-hybridized carbons (Fsp3) is 0.769. The van der Waals surface area contributed by atoms with Gasteiger partial charge in [-0.25, -0.2) is 4.79 Å². The summed E-state index contributed by atoms with van der Waals surface area (Å²) < 4.78 is 27.6. The summed E-state index contributed by atoms with van der Waals surface area (Å²) in [5.74, 6) is -0.419. The van der Waals surface area contributed by atoms with Gasteiger partial charge in [-0.2, -0.15) is 0 Å². The summed E-state index contributed by atoms with van der Waals surface area (Å²) in [4.78, 5) is 11.2.